The largest absolute Gasteiger partial charge is 0.462 e. The fourth-order valence-electron chi connectivity index (χ4n) is 2.36. The minimum absolute atomic E-state index is 0.205. The Morgan fingerprint density at radius 2 is 1.89 bits per heavy atom. The lowest BCUT2D eigenvalue weighted by atomic mass is 10.1. The Morgan fingerprint density at radius 1 is 1.19 bits per heavy atom. The minimum Gasteiger partial charge on any atom is -0.462 e. The third-order valence-corrected chi connectivity index (χ3v) is 4.41. The van der Waals surface area contributed by atoms with Crippen LogP contribution in [0.5, 0.6) is 0 Å². The quantitative estimate of drug-likeness (QED) is 0.516. The Hall–Kier alpha value is -2.73. The molecule has 2 aromatic carbocycles. The van der Waals surface area contributed by atoms with Crippen molar-refractivity contribution in [3.05, 3.63) is 75.4 Å². The molecule has 1 aliphatic heterocycles. The highest BCUT2D eigenvalue weighted by Gasteiger charge is 2.25. The van der Waals surface area contributed by atoms with E-state index in [1.807, 2.05) is 38.1 Å². The first-order valence-electron chi connectivity index (χ1n) is 8.48. The lowest BCUT2D eigenvalue weighted by molar-refractivity contribution is -0.129. The van der Waals surface area contributed by atoms with Crippen LogP contribution in [0.3, 0.4) is 0 Å². The van der Waals surface area contributed by atoms with Gasteiger partial charge in [0.2, 0.25) is 5.90 Å². The molecule has 138 valence electrons. The number of esters is 2. The Morgan fingerprint density at radius 3 is 2.56 bits per heavy atom. The first kappa shape index (κ1) is 19.0. The molecule has 6 heteroatoms. The number of aliphatic imine (C=N–C) groups is 1. The predicted molar refractivity (Wildman–Crippen MR) is 106 cm³/mol. The Bertz CT molecular complexity index is 929. The van der Waals surface area contributed by atoms with Gasteiger partial charge in [-0.05, 0) is 57.8 Å². The standard InChI is InChI=1S/C21H18BrNO4/c1-13(2)12-26-20(24)15-9-7-14(8-10-15)11-18-21(25)27-19(23-18)16-5-3-4-6-17(16)22/h3-11,13H,12H2,1-2H3/b18-11-. The molecule has 0 fully saturated rings. The van der Waals surface area contributed by atoms with E-state index in [4.69, 9.17) is 9.47 Å². The van der Waals surface area contributed by atoms with E-state index in [9.17, 15) is 9.59 Å². The second-order valence-electron chi connectivity index (χ2n) is 6.43. The van der Waals surface area contributed by atoms with Gasteiger partial charge in [0, 0.05) is 4.47 Å². The van der Waals surface area contributed by atoms with Crippen LogP contribution >= 0.6 is 15.9 Å². The zero-order valence-corrected chi connectivity index (χ0v) is 16.5. The van der Waals surface area contributed by atoms with Gasteiger partial charge in [-0.3, -0.25) is 0 Å². The maximum absolute atomic E-state index is 12.1. The molecule has 0 N–H and O–H groups in total. The van der Waals surface area contributed by atoms with Gasteiger partial charge in [0.25, 0.3) is 0 Å². The van der Waals surface area contributed by atoms with Crippen molar-refractivity contribution in [1.82, 2.24) is 0 Å². The maximum atomic E-state index is 12.1. The molecule has 5 nitrogen and oxygen atoms in total. The summed E-state index contributed by atoms with van der Waals surface area (Å²) in [6, 6.07) is 14.2. The van der Waals surface area contributed by atoms with Gasteiger partial charge in [-0.2, -0.15) is 0 Å². The number of benzene rings is 2. The van der Waals surface area contributed by atoms with Gasteiger partial charge in [-0.15, -0.1) is 0 Å². The SMILES string of the molecule is CC(C)COC(=O)c1ccc(/C=C2\N=C(c3ccccc3Br)OC2=O)cc1. The smallest absolute Gasteiger partial charge is 0.363 e. The van der Waals surface area contributed by atoms with Crippen molar-refractivity contribution in [3.63, 3.8) is 0 Å². The van der Waals surface area contributed by atoms with Crippen LogP contribution < -0.4 is 0 Å². The third kappa shape index (κ3) is 4.71. The average molecular weight is 428 g/mol. The molecule has 2 aromatic rings. The summed E-state index contributed by atoms with van der Waals surface area (Å²) in [6.45, 7) is 4.33. The summed E-state index contributed by atoms with van der Waals surface area (Å²) < 4.78 is 11.3. The molecule has 0 spiro atoms. The van der Waals surface area contributed by atoms with Crippen molar-refractivity contribution in [2.24, 2.45) is 10.9 Å². The van der Waals surface area contributed by atoms with Crippen LogP contribution in [0.4, 0.5) is 0 Å². The zero-order chi connectivity index (χ0) is 19.4. The average Bonchev–Trinajstić information content (AvgIpc) is 3.01. The number of hydrogen-bond acceptors (Lipinski definition) is 5. The molecule has 27 heavy (non-hydrogen) atoms. The summed E-state index contributed by atoms with van der Waals surface area (Å²) in [7, 11) is 0. The number of hydrogen-bond donors (Lipinski definition) is 0. The van der Waals surface area contributed by atoms with Gasteiger partial charge in [-0.1, -0.05) is 38.1 Å². The van der Waals surface area contributed by atoms with E-state index in [1.54, 1.807) is 30.3 Å². The van der Waals surface area contributed by atoms with Crippen LogP contribution in [0.15, 0.2) is 63.7 Å². The minimum atomic E-state index is -0.513. The topological polar surface area (TPSA) is 65.0 Å². The number of halogens is 1. The van der Waals surface area contributed by atoms with Crippen molar-refractivity contribution in [2.75, 3.05) is 6.61 Å². The lowest BCUT2D eigenvalue weighted by Crippen LogP contribution is -2.10. The molecule has 1 aliphatic rings. The van der Waals surface area contributed by atoms with E-state index in [0.717, 1.165) is 10.0 Å². The fourth-order valence-corrected chi connectivity index (χ4v) is 2.81. The molecule has 0 aromatic heterocycles. The highest BCUT2D eigenvalue weighted by atomic mass is 79.9. The zero-order valence-electron chi connectivity index (χ0n) is 14.9. The van der Waals surface area contributed by atoms with Crippen LogP contribution in [-0.4, -0.2) is 24.4 Å². The Labute approximate surface area is 165 Å². The fraction of sp³-hybridized carbons (Fsp3) is 0.190. The van der Waals surface area contributed by atoms with Crippen molar-refractivity contribution in [2.45, 2.75) is 13.8 Å². The second kappa shape index (κ2) is 8.31. The van der Waals surface area contributed by atoms with E-state index < -0.39 is 5.97 Å². The number of ether oxygens (including phenoxy) is 2. The van der Waals surface area contributed by atoms with Crippen LogP contribution in [0.2, 0.25) is 0 Å². The summed E-state index contributed by atoms with van der Waals surface area (Å²) in [5.74, 6) is -0.339. The van der Waals surface area contributed by atoms with Gasteiger partial charge < -0.3 is 9.47 Å². The number of rotatable bonds is 5. The van der Waals surface area contributed by atoms with E-state index >= 15 is 0 Å². The third-order valence-electron chi connectivity index (χ3n) is 3.72. The van der Waals surface area contributed by atoms with Gasteiger partial charge in [-0.25, -0.2) is 14.6 Å². The lowest BCUT2D eigenvalue weighted by Gasteiger charge is -2.07. The summed E-state index contributed by atoms with van der Waals surface area (Å²) in [6.07, 6.45) is 1.62. The van der Waals surface area contributed by atoms with Crippen LogP contribution in [0, 0.1) is 5.92 Å². The summed E-state index contributed by atoms with van der Waals surface area (Å²) in [4.78, 5) is 28.3. The number of nitrogens with zero attached hydrogens (tertiary/aromatic N) is 1. The second-order valence-corrected chi connectivity index (χ2v) is 7.28. The van der Waals surface area contributed by atoms with Gasteiger partial charge in [0.1, 0.15) is 0 Å². The molecule has 0 amide bonds. The summed E-state index contributed by atoms with van der Waals surface area (Å²) >= 11 is 3.42. The van der Waals surface area contributed by atoms with Crippen molar-refractivity contribution in [3.8, 4) is 0 Å². The number of carbonyl (C=O) groups excluding carboxylic acids is 2. The van der Waals surface area contributed by atoms with E-state index in [0.29, 0.717) is 17.7 Å². The van der Waals surface area contributed by atoms with Crippen LogP contribution in [0.1, 0.15) is 35.3 Å². The summed E-state index contributed by atoms with van der Waals surface area (Å²) in [5.41, 5.74) is 2.11. The first-order valence-corrected chi connectivity index (χ1v) is 9.28. The summed E-state index contributed by atoms with van der Waals surface area (Å²) in [5, 5.41) is 0. The molecule has 0 bridgehead atoms. The highest BCUT2D eigenvalue weighted by Crippen LogP contribution is 2.24. The van der Waals surface area contributed by atoms with E-state index in [1.165, 1.54) is 0 Å². The molecular weight excluding hydrogens is 410 g/mol. The van der Waals surface area contributed by atoms with Crippen LogP contribution in [-0.2, 0) is 14.3 Å². The maximum Gasteiger partial charge on any atom is 0.363 e. The van der Waals surface area contributed by atoms with Gasteiger partial charge in [0.15, 0.2) is 5.70 Å². The first-order chi connectivity index (χ1) is 12.9. The molecule has 1 heterocycles. The highest BCUT2D eigenvalue weighted by molar-refractivity contribution is 9.10. The molecule has 0 saturated carbocycles. The van der Waals surface area contributed by atoms with Crippen LogP contribution in [0.25, 0.3) is 6.08 Å². The molecular formula is C21H18BrNO4. The predicted octanol–water partition coefficient (Wildman–Crippen LogP) is 4.61. The molecule has 0 atom stereocenters. The number of carbonyl (C=O) groups is 2. The Kier molecular flexibility index (Phi) is 5.86. The molecule has 0 aliphatic carbocycles. The molecule has 0 unspecified atom stereocenters. The van der Waals surface area contributed by atoms with Crippen molar-refractivity contribution >= 4 is 39.8 Å². The van der Waals surface area contributed by atoms with Crippen molar-refractivity contribution in [1.29, 1.82) is 0 Å². The van der Waals surface area contributed by atoms with E-state index in [2.05, 4.69) is 20.9 Å². The normalized spacial score (nSPS) is 15.0. The Balaban J connectivity index is 1.77. The number of cyclic esters (lactones) is 1. The van der Waals surface area contributed by atoms with Gasteiger partial charge in [0.05, 0.1) is 17.7 Å². The molecule has 0 saturated heterocycles. The monoisotopic (exact) mass is 427 g/mol. The van der Waals surface area contributed by atoms with Gasteiger partial charge >= 0.3 is 11.9 Å². The molecule has 3 rings (SSSR count). The van der Waals surface area contributed by atoms with Crippen molar-refractivity contribution < 1.29 is 19.1 Å². The van der Waals surface area contributed by atoms with E-state index in [-0.39, 0.29) is 23.5 Å². The molecule has 0 radical (unpaired) electrons.